The van der Waals surface area contributed by atoms with Crippen molar-refractivity contribution in [2.75, 3.05) is 19.6 Å². The molecule has 9 saturated carbocycles. The Morgan fingerprint density at radius 3 is 2.52 bits per heavy atom. The molecule has 91 heavy (non-hydrogen) atoms. The first-order chi connectivity index (χ1) is 44.1. The number of carbonyl (C=O) groups excluding carboxylic acids is 2. The number of aromatic hydroxyl groups is 1. The average molecular weight is 1280 g/mol. The summed E-state index contributed by atoms with van der Waals surface area (Å²) in [4.78, 5) is 40.8. The second-order valence-corrected chi connectivity index (χ2v) is 35.5. The number of benzene rings is 2. The molecular formula is C75H101N7O7S2. The molecule has 8 heterocycles. The van der Waals surface area contributed by atoms with Crippen LogP contribution in [-0.2, 0) is 27.3 Å². The Morgan fingerprint density at radius 2 is 1.67 bits per heavy atom. The second kappa shape index (κ2) is 22.4. The highest BCUT2D eigenvalue weighted by Gasteiger charge is 2.72. The maximum absolute atomic E-state index is 15.2. The van der Waals surface area contributed by atoms with Gasteiger partial charge in [-0.25, -0.2) is 0 Å². The van der Waals surface area contributed by atoms with Crippen molar-refractivity contribution in [1.82, 2.24) is 15.5 Å². The van der Waals surface area contributed by atoms with Gasteiger partial charge in [0, 0.05) is 102 Å². The summed E-state index contributed by atoms with van der Waals surface area (Å²) in [5.41, 5.74) is 15.8. The number of rotatable bonds is 4. The zero-order valence-corrected chi connectivity index (χ0v) is 55.5. The summed E-state index contributed by atoms with van der Waals surface area (Å²) in [7, 11) is 4.19. The quantitative estimate of drug-likeness (QED) is 0.0862. The molecule has 19 aliphatic rings. The van der Waals surface area contributed by atoms with Crippen molar-refractivity contribution >= 4 is 45.4 Å². The van der Waals surface area contributed by atoms with E-state index in [2.05, 4.69) is 97.9 Å². The van der Waals surface area contributed by atoms with Crippen LogP contribution in [0.25, 0.3) is 0 Å². The first-order valence-electron chi connectivity index (χ1n) is 36.4. The van der Waals surface area contributed by atoms with Gasteiger partial charge in [0.1, 0.15) is 16.1 Å². The molecule has 14 nitrogen and oxygen atoms in total. The lowest BCUT2D eigenvalue weighted by molar-refractivity contribution is -0.210. The van der Waals surface area contributed by atoms with E-state index in [0.717, 1.165) is 140 Å². The molecule has 0 radical (unpaired) electrons. The minimum absolute atomic E-state index is 0.0248. The van der Waals surface area contributed by atoms with E-state index < -0.39 is 28.8 Å². The van der Waals surface area contributed by atoms with Crippen LogP contribution < -0.4 is 26.8 Å². The van der Waals surface area contributed by atoms with E-state index in [9.17, 15) is 20.1 Å². The van der Waals surface area contributed by atoms with Gasteiger partial charge in [-0.15, -0.1) is 0 Å². The van der Waals surface area contributed by atoms with Gasteiger partial charge < -0.3 is 51.8 Å². The molecule has 490 valence electrons. The van der Waals surface area contributed by atoms with Crippen molar-refractivity contribution in [3.05, 3.63) is 83.0 Å². The lowest BCUT2D eigenvalue weighted by Crippen LogP contribution is -2.63. The third-order valence-corrected chi connectivity index (χ3v) is 33.0. The van der Waals surface area contributed by atoms with Gasteiger partial charge in [0.25, 0.3) is 0 Å². The van der Waals surface area contributed by atoms with Crippen molar-refractivity contribution in [1.29, 1.82) is 0 Å². The normalized spacial score (nSPS) is 45.7. The van der Waals surface area contributed by atoms with Crippen LogP contribution in [0.15, 0.2) is 70.7 Å². The Bertz CT molecular complexity index is 3330. The molecule has 1 amide bonds. The number of carbonyl (C=O) groups is 2. The highest BCUT2D eigenvalue weighted by atomic mass is 33.1. The number of nitrogens with one attached hydrogen (secondary N) is 2. The molecule has 2 aromatic rings. The number of aliphatic hydroxyl groups is 2. The number of hydrogen-bond acceptors (Lipinski definition) is 15. The molecule has 6 spiro atoms. The van der Waals surface area contributed by atoms with Gasteiger partial charge in [-0.05, 0) is 224 Å². The van der Waals surface area contributed by atoms with Crippen LogP contribution in [0.5, 0.6) is 11.5 Å². The minimum atomic E-state index is -0.885. The Labute approximate surface area is 547 Å². The van der Waals surface area contributed by atoms with Crippen molar-refractivity contribution in [2.24, 2.45) is 96.4 Å². The number of nitrogens with two attached hydrogens (primary N) is 2. The van der Waals surface area contributed by atoms with Crippen LogP contribution in [0.3, 0.4) is 0 Å². The molecule has 16 heteroatoms. The van der Waals surface area contributed by atoms with E-state index in [1.807, 2.05) is 4.90 Å². The zero-order chi connectivity index (χ0) is 61.9. The van der Waals surface area contributed by atoms with E-state index in [4.69, 9.17) is 25.9 Å². The van der Waals surface area contributed by atoms with E-state index in [-0.39, 0.29) is 110 Å². The molecule has 10 fully saturated rings. The lowest BCUT2D eigenvalue weighted by Gasteiger charge is -2.65. The van der Waals surface area contributed by atoms with Gasteiger partial charge >= 0.3 is 5.97 Å². The van der Waals surface area contributed by atoms with Crippen molar-refractivity contribution < 1.29 is 34.4 Å². The summed E-state index contributed by atoms with van der Waals surface area (Å²) in [6, 6.07) is 13.3. The Hall–Kier alpha value is -4.38. The molecule has 9 N–H and O–H groups in total. The molecule has 0 unspecified atom stereocenters. The monoisotopic (exact) mass is 1280 g/mol. The van der Waals surface area contributed by atoms with Crippen LogP contribution in [-0.4, -0.2) is 103 Å². The maximum atomic E-state index is 15.2. The number of aliphatic imine (C=N–C) groups is 2. The number of phenols is 1. The first-order valence-corrected chi connectivity index (χ1v) is 38.6. The second-order valence-electron chi connectivity index (χ2n) is 32.8. The molecule has 8 aliphatic heterocycles. The maximum Gasteiger partial charge on any atom is 0.303 e. The van der Waals surface area contributed by atoms with Gasteiger partial charge in [0.15, 0.2) is 23.4 Å². The summed E-state index contributed by atoms with van der Waals surface area (Å²) in [6.07, 6.45) is 36.0. The van der Waals surface area contributed by atoms with Gasteiger partial charge in [-0.1, -0.05) is 89.4 Å². The number of guanidine groups is 2. The zero-order valence-electron chi connectivity index (χ0n) is 53.8. The third-order valence-electron chi connectivity index (χ3n) is 29.3. The van der Waals surface area contributed by atoms with Crippen molar-refractivity contribution in [3.63, 3.8) is 0 Å². The third kappa shape index (κ3) is 9.16. The van der Waals surface area contributed by atoms with Gasteiger partial charge in [-0.2, -0.15) is 0 Å². The number of aliphatic hydroxyl groups excluding tert-OH is 2. The van der Waals surface area contributed by atoms with Crippen LogP contribution >= 0.6 is 21.6 Å². The van der Waals surface area contributed by atoms with E-state index in [1.165, 1.54) is 37.7 Å². The van der Waals surface area contributed by atoms with Gasteiger partial charge in [-0.3, -0.25) is 19.6 Å². The number of amides is 1. The molecule has 11 aliphatic carbocycles. The van der Waals surface area contributed by atoms with E-state index in [1.54, 1.807) is 6.92 Å². The van der Waals surface area contributed by atoms with Crippen LogP contribution in [0, 0.1) is 74.9 Å². The number of fused-ring (bicyclic) bond motifs is 2. The topological polar surface area (TPSA) is 217 Å². The summed E-state index contributed by atoms with van der Waals surface area (Å²) in [6.45, 7) is 3.63. The molecule has 21 atom stereocenters. The number of nitrogens with zero attached hydrogens (tertiary/aromatic N) is 3. The van der Waals surface area contributed by atoms with Crippen molar-refractivity contribution in [3.8, 4) is 11.5 Å². The molecule has 2 aromatic carbocycles. The summed E-state index contributed by atoms with van der Waals surface area (Å²) in [5, 5.41) is 47.9. The smallest absolute Gasteiger partial charge is 0.303 e. The van der Waals surface area contributed by atoms with E-state index >= 15 is 4.79 Å². The predicted octanol–water partition coefficient (Wildman–Crippen LogP) is 12.2. The average Bonchev–Trinajstić information content (AvgIpc) is 1.56. The Kier molecular flexibility index (Phi) is 14.8. The largest absolute Gasteiger partial charge is 0.504 e. The van der Waals surface area contributed by atoms with Gasteiger partial charge in [0.2, 0.25) is 5.91 Å². The first kappa shape index (κ1) is 60.3. The fraction of sp³-hybridized carbons (Fsp3) is 0.733. The SMILES string of the molecule is CC(=O)O[C@]12C[C@@H]3CC[C@@H]1Cc1cc(c(O)c4c1[C@H]1C=C[C@@]5(CCC[C@@H]5C1)O4)CN1C[C@]4(CC1=O)[C@H](CC[C@@H]4c1ccccc1)CN=C(N)N[C@]1(CCCC14CCCC4)SS[C@H]1C=C[C@H]4[C@@H](CC[C@@H]1[C@@]41CCC[C@@]14CC[C@H](C[C@@H]1CCN=C(N)N1)[C@@H]4O)[C@H]3[C@H](O)C2. The fourth-order valence-corrected chi connectivity index (χ4v) is 30.0. The standard InChI is InChI=1S/C75H101N7O7S2/c1-44(83)88-73-38-48-13-14-52(73)36-49-34-50(64(86)65-62(49)46-22-32-72(89-65)28-7-12-51(72)35-46)42-82-43-70(40-61(82)85)53(15-17-56(70)45-10-3-2-4-11-45)41-79-68(77)81-75(30-8-26-69(75)24-5-6-25-69)91-90-60-20-19-57-55(63(48)59(84)39-73)16-18-58(60)74(57)29-9-27-71(74)31-21-47(66(71)87)37-54-23-33-78-67(76)80-54/h2-4,10-11,19-20,22,32,34,46-48,51-60,63,66,84,86-87H,5-9,12-18,21,23-31,33,35-43H2,1H3,(H3,76,78,80)(H3,77,79,81)/t46-,47+,48-,51+,52+,53+,54-,55+,56+,57-,58-,59+,60-,63-,66-,70+,71-,72+,73-,74+,75+/m0/s1. The summed E-state index contributed by atoms with van der Waals surface area (Å²) in [5.74, 6) is 3.27. The van der Waals surface area contributed by atoms with E-state index in [0.29, 0.717) is 73.8 Å². The van der Waals surface area contributed by atoms with Crippen molar-refractivity contribution in [2.45, 2.75) is 245 Å². The van der Waals surface area contributed by atoms with Gasteiger partial charge in [0.05, 0.1) is 12.2 Å². The fourth-order valence-electron chi connectivity index (χ4n) is 25.8. The molecule has 1 saturated heterocycles. The lowest BCUT2D eigenvalue weighted by atomic mass is 9.41. The number of esters is 1. The minimum Gasteiger partial charge on any atom is -0.504 e. The molecular weight excluding hydrogens is 1180 g/mol. The number of ether oxygens (including phenoxy) is 2. The highest BCUT2D eigenvalue weighted by molar-refractivity contribution is 8.77. The number of phenolic OH excluding ortho intramolecular Hbond substituents is 1. The number of allylic oxidation sites excluding steroid dienone is 2. The van der Waals surface area contributed by atoms with Crippen LogP contribution in [0.4, 0.5) is 0 Å². The number of hydrogen-bond donors (Lipinski definition) is 7. The molecule has 14 bridgehead atoms. The summed E-state index contributed by atoms with van der Waals surface area (Å²) < 4.78 is 14.3. The highest BCUT2D eigenvalue weighted by Crippen LogP contribution is 2.77. The Morgan fingerprint density at radius 1 is 0.835 bits per heavy atom. The van der Waals surface area contributed by atoms with Crippen LogP contribution in [0.1, 0.15) is 214 Å². The Balaban J connectivity index is 0.792. The molecule has 0 aromatic heterocycles. The van der Waals surface area contributed by atoms with Crippen LogP contribution in [0.2, 0.25) is 0 Å². The summed E-state index contributed by atoms with van der Waals surface area (Å²) >= 11 is 0. The molecule has 21 rings (SSSR count). The predicted molar refractivity (Wildman–Crippen MR) is 358 cm³/mol.